The number of carbonyl (C=O) groups excluding carboxylic acids is 1. The van der Waals surface area contributed by atoms with E-state index < -0.39 is 45.9 Å². The Labute approximate surface area is 185 Å². The van der Waals surface area contributed by atoms with Crippen molar-refractivity contribution in [2.75, 3.05) is 16.2 Å². The number of benzene rings is 2. The van der Waals surface area contributed by atoms with Crippen LogP contribution in [0.1, 0.15) is 12.0 Å². The third-order valence-electron chi connectivity index (χ3n) is 6.26. The lowest BCUT2D eigenvalue weighted by Crippen LogP contribution is -2.39. The summed E-state index contributed by atoms with van der Waals surface area (Å²) >= 11 is 0. The van der Waals surface area contributed by atoms with Crippen molar-refractivity contribution in [3.05, 3.63) is 66.2 Å². The van der Waals surface area contributed by atoms with E-state index in [1.54, 1.807) is 12.2 Å². The number of ether oxygens (including phenoxy) is 1. The van der Waals surface area contributed by atoms with Crippen molar-refractivity contribution in [1.29, 1.82) is 0 Å². The monoisotopic (exact) mass is 454 g/mol. The summed E-state index contributed by atoms with van der Waals surface area (Å²) in [6, 6.07) is 13.4. The highest BCUT2D eigenvalue weighted by Gasteiger charge is 2.53. The molecule has 3 aliphatic rings. The van der Waals surface area contributed by atoms with Crippen LogP contribution in [-0.4, -0.2) is 44.2 Å². The fourth-order valence-electron chi connectivity index (χ4n) is 4.73. The molecule has 0 radical (unpaired) electrons. The molecule has 2 N–H and O–H groups in total. The number of hydrogen-bond donors (Lipinski definition) is 2. The number of carbonyl (C=O) groups is 2. The number of aliphatic carboxylic acids is 1. The molecular formula is C23H22N2O6S. The summed E-state index contributed by atoms with van der Waals surface area (Å²) in [6.45, 7) is 0.409. The van der Waals surface area contributed by atoms with E-state index in [1.165, 1.54) is 28.6 Å². The van der Waals surface area contributed by atoms with Crippen LogP contribution >= 0.6 is 0 Å². The van der Waals surface area contributed by atoms with E-state index in [9.17, 15) is 23.1 Å². The van der Waals surface area contributed by atoms with Crippen LogP contribution in [0.15, 0.2) is 65.6 Å². The molecule has 4 atom stereocenters. The first-order valence-electron chi connectivity index (χ1n) is 10.4. The highest BCUT2D eigenvalue weighted by Crippen LogP contribution is 2.40. The molecule has 1 saturated heterocycles. The molecule has 32 heavy (non-hydrogen) atoms. The topological polar surface area (TPSA) is 113 Å². The smallest absolute Gasteiger partial charge is 0.310 e. The summed E-state index contributed by atoms with van der Waals surface area (Å²) in [5.74, 6) is -3.32. The Morgan fingerprint density at radius 1 is 1.00 bits per heavy atom. The summed E-state index contributed by atoms with van der Waals surface area (Å²) in [7, 11) is -3.75. The van der Waals surface area contributed by atoms with Crippen molar-refractivity contribution in [3.63, 3.8) is 0 Å². The van der Waals surface area contributed by atoms with Gasteiger partial charge in [-0.2, -0.15) is 0 Å². The zero-order chi connectivity index (χ0) is 22.5. The zero-order valence-corrected chi connectivity index (χ0v) is 17.9. The largest absolute Gasteiger partial charge is 0.481 e. The predicted molar refractivity (Wildman–Crippen MR) is 117 cm³/mol. The standard InChI is InChI=1S/C23H22N2O6S/c26-22(20-18-11-12-19(31-18)21(20)23(27)28)24-15-7-9-16(10-8-15)32(29,30)25-13-3-5-14-4-1-2-6-17(14)25/h1-2,4,6-12,18-21H,3,5,13H2,(H,24,26)(H,27,28)/t18-,19+,20+,21+/m1/s1. The summed E-state index contributed by atoms with van der Waals surface area (Å²) in [5.41, 5.74) is 2.09. The van der Waals surface area contributed by atoms with Gasteiger partial charge in [-0.3, -0.25) is 13.9 Å². The van der Waals surface area contributed by atoms with E-state index in [-0.39, 0.29) is 4.90 Å². The van der Waals surface area contributed by atoms with Crippen molar-refractivity contribution < 1.29 is 27.9 Å². The van der Waals surface area contributed by atoms with Crippen LogP contribution in [0.4, 0.5) is 11.4 Å². The van der Waals surface area contributed by atoms with Gasteiger partial charge in [0.25, 0.3) is 10.0 Å². The molecule has 8 nitrogen and oxygen atoms in total. The number of fused-ring (bicyclic) bond motifs is 3. The molecule has 2 aromatic carbocycles. The highest BCUT2D eigenvalue weighted by atomic mass is 32.2. The molecule has 166 valence electrons. The van der Waals surface area contributed by atoms with Gasteiger partial charge in [-0.05, 0) is 48.7 Å². The minimum absolute atomic E-state index is 0.127. The van der Waals surface area contributed by atoms with E-state index in [1.807, 2.05) is 24.3 Å². The number of carboxylic acid groups (broad SMARTS) is 1. The second kappa shape index (κ2) is 7.75. The number of sulfonamides is 1. The Morgan fingerprint density at radius 3 is 2.41 bits per heavy atom. The SMILES string of the molecule is O=C(O)[C@@H]1[C@@H](C(=O)Nc2ccc(S(=O)(=O)N3CCCc4ccccc43)cc2)[C@H]2C=C[C@@H]1O2. The van der Waals surface area contributed by atoms with Gasteiger partial charge in [0.1, 0.15) is 5.92 Å². The number of nitrogens with zero attached hydrogens (tertiary/aromatic N) is 1. The molecule has 0 aromatic heterocycles. The molecule has 0 aliphatic carbocycles. The van der Waals surface area contributed by atoms with Crippen molar-refractivity contribution >= 4 is 33.3 Å². The molecular weight excluding hydrogens is 432 g/mol. The molecule has 3 heterocycles. The number of amides is 1. The molecule has 3 aliphatic heterocycles. The van der Waals surface area contributed by atoms with Crippen LogP contribution in [0.3, 0.4) is 0 Å². The van der Waals surface area contributed by atoms with Crippen LogP contribution in [-0.2, 0) is 30.8 Å². The van der Waals surface area contributed by atoms with Gasteiger partial charge < -0.3 is 15.2 Å². The van der Waals surface area contributed by atoms with Gasteiger partial charge in [0, 0.05) is 12.2 Å². The van der Waals surface area contributed by atoms with Crippen LogP contribution in [0.5, 0.6) is 0 Å². The van der Waals surface area contributed by atoms with E-state index >= 15 is 0 Å². The fourth-order valence-corrected chi connectivity index (χ4v) is 6.27. The second-order valence-corrected chi connectivity index (χ2v) is 10.0. The normalized spacial score (nSPS) is 26.1. The molecule has 0 unspecified atom stereocenters. The Bertz CT molecular complexity index is 1210. The molecule has 0 spiro atoms. The first kappa shape index (κ1) is 20.7. The van der Waals surface area contributed by atoms with Gasteiger partial charge in [-0.25, -0.2) is 8.42 Å². The van der Waals surface area contributed by atoms with Gasteiger partial charge in [0.15, 0.2) is 0 Å². The maximum absolute atomic E-state index is 13.2. The number of rotatable bonds is 5. The summed E-state index contributed by atoms with van der Waals surface area (Å²) in [4.78, 5) is 24.5. The van der Waals surface area contributed by atoms with Crippen molar-refractivity contribution in [2.45, 2.75) is 29.9 Å². The lowest BCUT2D eigenvalue weighted by atomic mass is 9.82. The maximum Gasteiger partial charge on any atom is 0.310 e. The lowest BCUT2D eigenvalue weighted by molar-refractivity contribution is -0.145. The second-order valence-electron chi connectivity index (χ2n) is 8.16. The van der Waals surface area contributed by atoms with Gasteiger partial charge in [0.2, 0.25) is 5.91 Å². The van der Waals surface area contributed by atoms with Gasteiger partial charge >= 0.3 is 5.97 Å². The summed E-state index contributed by atoms with van der Waals surface area (Å²) in [5, 5.41) is 12.2. The van der Waals surface area contributed by atoms with Crippen LogP contribution in [0, 0.1) is 11.8 Å². The van der Waals surface area contributed by atoms with Gasteiger partial charge in [0.05, 0.1) is 28.7 Å². The average Bonchev–Trinajstić information content (AvgIpc) is 3.41. The van der Waals surface area contributed by atoms with E-state index in [2.05, 4.69) is 5.32 Å². The fraction of sp³-hybridized carbons (Fsp3) is 0.304. The average molecular weight is 455 g/mol. The lowest BCUT2D eigenvalue weighted by Gasteiger charge is -2.30. The molecule has 0 saturated carbocycles. The number of aryl methyl sites for hydroxylation is 1. The van der Waals surface area contributed by atoms with Crippen LogP contribution in [0.25, 0.3) is 0 Å². The molecule has 9 heteroatoms. The Balaban J connectivity index is 1.34. The number of para-hydroxylation sites is 1. The number of carboxylic acids is 1. The Morgan fingerprint density at radius 2 is 1.69 bits per heavy atom. The number of hydrogen-bond acceptors (Lipinski definition) is 5. The van der Waals surface area contributed by atoms with E-state index in [0.29, 0.717) is 17.9 Å². The van der Waals surface area contributed by atoms with E-state index in [4.69, 9.17) is 4.74 Å². The predicted octanol–water partition coefficient (Wildman–Crippen LogP) is 2.42. The van der Waals surface area contributed by atoms with Crippen molar-refractivity contribution in [2.24, 2.45) is 11.8 Å². The molecule has 1 amide bonds. The number of nitrogens with one attached hydrogen (secondary N) is 1. The third kappa shape index (κ3) is 3.37. The van der Waals surface area contributed by atoms with Crippen LogP contribution < -0.4 is 9.62 Å². The Kier molecular flexibility index (Phi) is 5.02. The minimum Gasteiger partial charge on any atom is -0.481 e. The highest BCUT2D eigenvalue weighted by molar-refractivity contribution is 7.92. The zero-order valence-electron chi connectivity index (χ0n) is 17.0. The first-order valence-corrected chi connectivity index (χ1v) is 11.9. The van der Waals surface area contributed by atoms with Gasteiger partial charge in [-0.1, -0.05) is 30.4 Å². The maximum atomic E-state index is 13.2. The summed E-state index contributed by atoms with van der Waals surface area (Å²) < 4.78 is 33.5. The minimum atomic E-state index is -3.75. The molecule has 2 bridgehead atoms. The molecule has 5 rings (SSSR count). The Hall–Kier alpha value is -3.17. The van der Waals surface area contributed by atoms with E-state index in [0.717, 1.165) is 18.4 Å². The number of anilines is 2. The van der Waals surface area contributed by atoms with Gasteiger partial charge in [-0.15, -0.1) is 0 Å². The molecule has 1 fully saturated rings. The first-order chi connectivity index (χ1) is 15.4. The third-order valence-corrected chi connectivity index (χ3v) is 8.09. The van der Waals surface area contributed by atoms with Crippen LogP contribution in [0.2, 0.25) is 0 Å². The molecule has 2 aromatic rings. The van der Waals surface area contributed by atoms with Crippen molar-refractivity contribution in [1.82, 2.24) is 0 Å². The van der Waals surface area contributed by atoms with Crippen molar-refractivity contribution in [3.8, 4) is 0 Å². The quantitative estimate of drug-likeness (QED) is 0.671. The summed E-state index contributed by atoms with van der Waals surface area (Å²) in [6.07, 6.45) is 3.79.